The number of piperazine rings is 1. The fourth-order valence-electron chi connectivity index (χ4n) is 4.48. The maximum Gasteiger partial charge on any atom is 0.257 e. The Bertz CT molecular complexity index is 992. The Morgan fingerprint density at radius 2 is 1.32 bits per heavy atom. The minimum absolute atomic E-state index is 0.0120. The maximum atomic E-state index is 13.3. The van der Waals surface area contributed by atoms with E-state index in [4.69, 9.17) is 9.47 Å². The lowest BCUT2D eigenvalue weighted by Crippen LogP contribution is -2.50. The molecule has 5 heteroatoms. The van der Waals surface area contributed by atoms with Crippen LogP contribution in [0.1, 0.15) is 27.5 Å². The van der Waals surface area contributed by atoms with Gasteiger partial charge in [0.05, 0.1) is 11.6 Å². The zero-order chi connectivity index (χ0) is 21.0. The predicted octanol–water partition coefficient (Wildman–Crippen LogP) is 4.01. The van der Waals surface area contributed by atoms with Crippen LogP contribution in [0.15, 0.2) is 78.9 Å². The van der Waals surface area contributed by atoms with E-state index in [1.165, 1.54) is 11.1 Å². The summed E-state index contributed by atoms with van der Waals surface area (Å²) in [4.78, 5) is 17.7. The van der Waals surface area contributed by atoms with Gasteiger partial charge >= 0.3 is 0 Å². The number of hydrogen-bond donors (Lipinski definition) is 0. The molecule has 2 aliphatic heterocycles. The van der Waals surface area contributed by atoms with Crippen LogP contribution in [0, 0.1) is 0 Å². The van der Waals surface area contributed by atoms with Gasteiger partial charge in [0.1, 0.15) is 13.2 Å². The first-order chi connectivity index (χ1) is 15.3. The molecule has 0 atom stereocenters. The molecule has 5 nitrogen and oxygen atoms in total. The molecular formula is C26H26N2O3. The highest BCUT2D eigenvalue weighted by Crippen LogP contribution is 2.35. The van der Waals surface area contributed by atoms with Gasteiger partial charge in [-0.2, -0.15) is 0 Å². The van der Waals surface area contributed by atoms with Gasteiger partial charge < -0.3 is 14.4 Å². The van der Waals surface area contributed by atoms with Gasteiger partial charge in [-0.25, -0.2) is 0 Å². The van der Waals surface area contributed by atoms with Crippen LogP contribution in [-0.4, -0.2) is 55.1 Å². The molecule has 0 saturated carbocycles. The molecule has 2 aliphatic rings. The summed E-state index contributed by atoms with van der Waals surface area (Å²) in [6.07, 6.45) is 0. The molecule has 3 aromatic rings. The first-order valence-electron chi connectivity index (χ1n) is 10.8. The number of para-hydroxylation sites is 1. The summed E-state index contributed by atoms with van der Waals surface area (Å²) in [7, 11) is 0. The lowest BCUT2D eigenvalue weighted by atomic mass is 9.96. The third-order valence-corrected chi connectivity index (χ3v) is 5.99. The Balaban J connectivity index is 1.34. The smallest absolute Gasteiger partial charge is 0.257 e. The third-order valence-electron chi connectivity index (χ3n) is 5.99. The molecule has 0 spiro atoms. The van der Waals surface area contributed by atoms with E-state index in [-0.39, 0.29) is 11.9 Å². The van der Waals surface area contributed by atoms with Crippen LogP contribution in [0.4, 0.5) is 0 Å². The van der Waals surface area contributed by atoms with Crippen LogP contribution in [0.3, 0.4) is 0 Å². The van der Waals surface area contributed by atoms with Gasteiger partial charge in [-0.1, -0.05) is 66.7 Å². The molecule has 3 aromatic carbocycles. The number of fused-ring (bicyclic) bond motifs is 1. The van der Waals surface area contributed by atoms with Crippen LogP contribution in [0.2, 0.25) is 0 Å². The first-order valence-corrected chi connectivity index (χ1v) is 10.8. The number of rotatable bonds is 4. The van der Waals surface area contributed by atoms with E-state index in [1.807, 2.05) is 23.1 Å². The summed E-state index contributed by atoms with van der Waals surface area (Å²) in [6, 6.07) is 26.9. The summed E-state index contributed by atoms with van der Waals surface area (Å²) >= 11 is 0. The average Bonchev–Trinajstić information content (AvgIpc) is 2.85. The molecular weight excluding hydrogens is 388 g/mol. The monoisotopic (exact) mass is 414 g/mol. The number of ether oxygens (including phenoxy) is 2. The van der Waals surface area contributed by atoms with Crippen molar-refractivity contribution in [3.05, 3.63) is 95.6 Å². The molecule has 0 aromatic heterocycles. The number of carbonyl (C=O) groups is 1. The summed E-state index contributed by atoms with van der Waals surface area (Å²) in [6.45, 7) is 3.97. The SMILES string of the molecule is O=C(c1cccc2c1OCCO2)N1CCN(C(c2ccccc2)c2ccccc2)CC1. The molecule has 5 rings (SSSR count). The number of amides is 1. The number of nitrogens with zero attached hydrogens (tertiary/aromatic N) is 2. The van der Waals surface area contributed by atoms with Gasteiger partial charge in [0.15, 0.2) is 11.5 Å². The Labute approximate surface area is 182 Å². The highest BCUT2D eigenvalue weighted by molar-refractivity contribution is 5.98. The summed E-state index contributed by atoms with van der Waals surface area (Å²) in [5.41, 5.74) is 3.14. The third kappa shape index (κ3) is 4.01. The molecule has 1 saturated heterocycles. The van der Waals surface area contributed by atoms with Crippen molar-refractivity contribution >= 4 is 5.91 Å². The second-order valence-corrected chi connectivity index (χ2v) is 7.88. The van der Waals surface area contributed by atoms with Crippen LogP contribution in [0.5, 0.6) is 11.5 Å². The van der Waals surface area contributed by atoms with Crippen molar-refractivity contribution in [1.82, 2.24) is 9.80 Å². The molecule has 2 heterocycles. The van der Waals surface area contributed by atoms with E-state index in [0.717, 1.165) is 13.1 Å². The molecule has 0 unspecified atom stereocenters. The Morgan fingerprint density at radius 1 is 0.710 bits per heavy atom. The molecule has 0 aliphatic carbocycles. The van der Waals surface area contributed by atoms with Gasteiger partial charge in [-0.3, -0.25) is 9.69 Å². The molecule has 0 radical (unpaired) electrons. The van der Waals surface area contributed by atoms with E-state index in [0.29, 0.717) is 43.4 Å². The fraction of sp³-hybridized carbons (Fsp3) is 0.269. The second kappa shape index (κ2) is 8.82. The van der Waals surface area contributed by atoms with Gasteiger partial charge in [-0.15, -0.1) is 0 Å². The van der Waals surface area contributed by atoms with Crippen molar-refractivity contribution in [2.45, 2.75) is 6.04 Å². The lowest BCUT2D eigenvalue weighted by molar-refractivity contribution is 0.0589. The quantitative estimate of drug-likeness (QED) is 0.647. The van der Waals surface area contributed by atoms with Crippen molar-refractivity contribution in [1.29, 1.82) is 0 Å². The van der Waals surface area contributed by atoms with Crippen molar-refractivity contribution in [3.8, 4) is 11.5 Å². The number of carbonyl (C=O) groups excluding carboxylic acids is 1. The standard InChI is InChI=1S/C26H26N2O3/c29-26(22-12-7-13-23-25(22)31-19-18-30-23)28-16-14-27(15-17-28)24(20-8-3-1-4-9-20)21-10-5-2-6-11-21/h1-13,24H,14-19H2. The fourth-order valence-corrected chi connectivity index (χ4v) is 4.48. The van der Waals surface area contributed by atoms with Crippen LogP contribution in [-0.2, 0) is 0 Å². The normalized spacial score (nSPS) is 16.4. The Hall–Kier alpha value is -3.31. The van der Waals surface area contributed by atoms with Crippen molar-refractivity contribution in [3.63, 3.8) is 0 Å². The molecule has 158 valence electrons. The second-order valence-electron chi connectivity index (χ2n) is 7.88. The van der Waals surface area contributed by atoms with E-state index < -0.39 is 0 Å². The Kier molecular flexibility index (Phi) is 5.59. The van der Waals surface area contributed by atoms with Crippen LogP contribution >= 0.6 is 0 Å². The van der Waals surface area contributed by atoms with E-state index in [1.54, 1.807) is 0 Å². The Morgan fingerprint density at radius 3 is 1.97 bits per heavy atom. The number of benzene rings is 3. The summed E-state index contributed by atoms with van der Waals surface area (Å²) in [5, 5.41) is 0. The van der Waals surface area contributed by atoms with E-state index >= 15 is 0 Å². The van der Waals surface area contributed by atoms with Crippen LogP contribution < -0.4 is 9.47 Å². The molecule has 0 N–H and O–H groups in total. The average molecular weight is 415 g/mol. The number of hydrogen-bond acceptors (Lipinski definition) is 4. The first kappa shape index (κ1) is 19.6. The maximum absolute atomic E-state index is 13.3. The minimum Gasteiger partial charge on any atom is -0.486 e. The highest BCUT2D eigenvalue weighted by Gasteiger charge is 2.30. The summed E-state index contributed by atoms with van der Waals surface area (Å²) < 4.78 is 11.4. The van der Waals surface area contributed by atoms with Gasteiger partial charge in [0.25, 0.3) is 5.91 Å². The van der Waals surface area contributed by atoms with Crippen molar-refractivity contribution in [2.24, 2.45) is 0 Å². The van der Waals surface area contributed by atoms with Gasteiger partial charge in [-0.05, 0) is 23.3 Å². The topological polar surface area (TPSA) is 42.0 Å². The molecule has 0 bridgehead atoms. The summed E-state index contributed by atoms with van der Waals surface area (Å²) in [5.74, 6) is 1.24. The van der Waals surface area contributed by atoms with E-state index in [2.05, 4.69) is 65.6 Å². The van der Waals surface area contributed by atoms with Gasteiger partial charge in [0, 0.05) is 26.2 Å². The zero-order valence-corrected chi connectivity index (χ0v) is 17.4. The van der Waals surface area contributed by atoms with Crippen molar-refractivity contribution in [2.75, 3.05) is 39.4 Å². The van der Waals surface area contributed by atoms with Gasteiger partial charge in [0.2, 0.25) is 0 Å². The predicted molar refractivity (Wildman–Crippen MR) is 120 cm³/mol. The minimum atomic E-state index is 0.0120. The molecule has 31 heavy (non-hydrogen) atoms. The van der Waals surface area contributed by atoms with Crippen LogP contribution in [0.25, 0.3) is 0 Å². The molecule has 1 fully saturated rings. The van der Waals surface area contributed by atoms with Crippen molar-refractivity contribution < 1.29 is 14.3 Å². The molecule has 1 amide bonds. The lowest BCUT2D eigenvalue weighted by Gasteiger charge is -2.40. The van der Waals surface area contributed by atoms with E-state index in [9.17, 15) is 4.79 Å². The zero-order valence-electron chi connectivity index (χ0n) is 17.4. The highest BCUT2D eigenvalue weighted by atomic mass is 16.6. The largest absolute Gasteiger partial charge is 0.486 e.